The zero-order valence-electron chi connectivity index (χ0n) is 22.2. The molecule has 2 saturated heterocycles. The fourth-order valence-corrected chi connectivity index (χ4v) is 6.50. The second-order valence-corrected chi connectivity index (χ2v) is 10.9. The number of hydrogen-bond donors (Lipinski definition) is 0. The number of rotatable bonds is 7. The highest BCUT2D eigenvalue weighted by Gasteiger charge is 2.63. The van der Waals surface area contributed by atoms with Crippen LogP contribution in [0.25, 0.3) is 0 Å². The molecule has 1 amide bonds. The number of para-hydroxylation sites is 1. The van der Waals surface area contributed by atoms with Gasteiger partial charge in [0, 0.05) is 52.4 Å². The summed E-state index contributed by atoms with van der Waals surface area (Å²) < 4.78 is 14.2. The van der Waals surface area contributed by atoms with Gasteiger partial charge in [0.1, 0.15) is 12.1 Å². The predicted molar refractivity (Wildman–Crippen MR) is 150 cm³/mol. The molecule has 0 radical (unpaired) electrons. The molecule has 6 rings (SSSR count). The molecular formula is C32H35FN4O2. The smallest absolute Gasteiger partial charge is 0.228 e. The van der Waals surface area contributed by atoms with Gasteiger partial charge in [0.15, 0.2) is 0 Å². The number of hydrogen-bond acceptors (Lipinski definition) is 5. The molecule has 2 unspecified atom stereocenters. The maximum atomic E-state index is 14.2. The van der Waals surface area contributed by atoms with Gasteiger partial charge >= 0.3 is 0 Å². The number of piperazine rings is 2. The van der Waals surface area contributed by atoms with Gasteiger partial charge in [-0.2, -0.15) is 0 Å². The first-order valence-electron chi connectivity index (χ1n) is 13.9. The molecule has 3 aliphatic rings. The van der Waals surface area contributed by atoms with Crippen molar-refractivity contribution in [3.05, 3.63) is 102 Å². The van der Waals surface area contributed by atoms with Gasteiger partial charge in [-0.15, -0.1) is 0 Å². The highest BCUT2D eigenvalue weighted by Crippen LogP contribution is 2.49. The Morgan fingerprint density at radius 2 is 1.33 bits per heavy atom. The summed E-state index contributed by atoms with van der Waals surface area (Å²) in [7, 11) is 0. The van der Waals surface area contributed by atoms with Crippen LogP contribution in [0, 0.1) is 11.7 Å². The van der Waals surface area contributed by atoms with E-state index in [2.05, 4.69) is 58.3 Å². The van der Waals surface area contributed by atoms with E-state index in [4.69, 9.17) is 0 Å². The number of carbonyl (C=O) groups excluding carboxylic acids is 2. The van der Waals surface area contributed by atoms with Crippen LogP contribution < -0.4 is 4.90 Å². The average Bonchev–Trinajstić information content (AvgIpc) is 3.75. The van der Waals surface area contributed by atoms with Crippen LogP contribution in [0.2, 0.25) is 0 Å². The largest absolute Gasteiger partial charge is 0.366 e. The number of anilines is 1. The first-order chi connectivity index (χ1) is 19.1. The summed E-state index contributed by atoms with van der Waals surface area (Å²) in [5.74, 6) is -0.467. The van der Waals surface area contributed by atoms with Gasteiger partial charge < -0.3 is 14.6 Å². The molecule has 3 aromatic rings. The van der Waals surface area contributed by atoms with Crippen molar-refractivity contribution in [3.63, 3.8) is 0 Å². The SMILES string of the molecule is O=CC1(N2CCN(C(c3ccccc3)c3ccccc3)CC2)CC1C(=O)N1CCN(c2ccccc2F)CC1. The summed E-state index contributed by atoms with van der Waals surface area (Å²) >= 11 is 0. The summed E-state index contributed by atoms with van der Waals surface area (Å²) in [5, 5.41) is 0. The Morgan fingerprint density at radius 1 is 0.769 bits per heavy atom. The van der Waals surface area contributed by atoms with Gasteiger partial charge in [-0.25, -0.2) is 4.39 Å². The van der Waals surface area contributed by atoms with Crippen molar-refractivity contribution in [1.29, 1.82) is 0 Å². The average molecular weight is 527 g/mol. The third-order valence-electron chi connectivity index (χ3n) is 8.76. The lowest BCUT2D eigenvalue weighted by atomic mass is 9.96. The van der Waals surface area contributed by atoms with Crippen LogP contribution in [0.1, 0.15) is 23.6 Å². The van der Waals surface area contributed by atoms with Crippen molar-refractivity contribution >= 4 is 17.9 Å². The Balaban J connectivity index is 1.09. The van der Waals surface area contributed by atoms with E-state index in [-0.39, 0.29) is 23.7 Å². The number of carbonyl (C=O) groups is 2. The molecule has 2 aliphatic heterocycles. The molecule has 0 spiro atoms. The molecule has 0 N–H and O–H groups in total. The molecule has 3 fully saturated rings. The minimum Gasteiger partial charge on any atom is -0.366 e. The summed E-state index contributed by atoms with van der Waals surface area (Å²) in [4.78, 5) is 34.5. The van der Waals surface area contributed by atoms with Crippen LogP contribution in [0.3, 0.4) is 0 Å². The molecule has 3 aromatic carbocycles. The normalized spacial score (nSPS) is 24.1. The Hall–Kier alpha value is -3.55. The maximum Gasteiger partial charge on any atom is 0.228 e. The highest BCUT2D eigenvalue weighted by atomic mass is 19.1. The van der Waals surface area contributed by atoms with Gasteiger partial charge in [-0.05, 0) is 29.7 Å². The molecule has 6 nitrogen and oxygen atoms in total. The Morgan fingerprint density at radius 3 is 1.90 bits per heavy atom. The van der Waals surface area contributed by atoms with E-state index in [1.165, 1.54) is 17.2 Å². The standard InChI is InChI=1S/C32H35FN4O2/c33-28-13-7-8-14-29(28)34-15-17-36(18-16-34)31(39)27-23-32(27,24-38)37-21-19-35(20-22-37)30(25-9-3-1-4-10-25)26-11-5-2-6-12-26/h1-14,24,27,30H,15-23H2. The molecule has 0 bridgehead atoms. The lowest BCUT2D eigenvalue weighted by Gasteiger charge is -2.42. The highest BCUT2D eigenvalue weighted by molar-refractivity contribution is 5.91. The van der Waals surface area contributed by atoms with Crippen molar-refractivity contribution in [2.45, 2.75) is 18.0 Å². The predicted octanol–water partition coefficient (Wildman–Crippen LogP) is 3.84. The fourth-order valence-electron chi connectivity index (χ4n) is 6.50. The van der Waals surface area contributed by atoms with Crippen molar-refractivity contribution in [3.8, 4) is 0 Å². The molecule has 2 heterocycles. The third-order valence-corrected chi connectivity index (χ3v) is 8.76. The van der Waals surface area contributed by atoms with Gasteiger partial charge in [0.2, 0.25) is 5.91 Å². The van der Waals surface area contributed by atoms with E-state index in [0.29, 0.717) is 38.3 Å². The zero-order valence-corrected chi connectivity index (χ0v) is 22.2. The molecule has 0 aromatic heterocycles. The molecule has 1 aliphatic carbocycles. The number of benzene rings is 3. The van der Waals surface area contributed by atoms with Crippen molar-refractivity contribution in [2.24, 2.45) is 5.92 Å². The maximum absolute atomic E-state index is 14.2. The van der Waals surface area contributed by atoms with Gasteiger partial charge in [0.25, 0.3) is 0 Å². The second kappa shape index (κ2) is 10.9. The first-order valence-corrected chi connectivity index (χ1v) is 13.9. The van der Waals surface area contributed by atoms with E-state index in [1.54, 1.807) is 12.1 Å². The zero-order chi connectivity index (χ0) is 26.8. The number of aldehydes is 1. The number of nitrogens with zero attached hydrogens (tertiary/aromatic N) is 4. The minimum absolute atomic E-state index is 0.0594. The summed E-state index contributed by atoms with van der Waals surface area (Å²) in [5.41, 5.74) is 2.41. The lowest BCUT2D eigenvalue weighted by molar-refractivity contribution is -0.135. The topological polar surface area (TPSA) is 47.1 Å². The molecule has 7 heteroatoms. The van der Waals surface area contributed by atoms with E-state index >= 15 is 0 Å². The van der Waals surface area contributed by atoms with Gasteiger partial charge in [-0.3, -0.25) is 14.6 Å². The van der Waals surface area contributed by atoms with Crippen molar-refractivity contribution < 1.29 is 14.0 Å². The van der Waals surface area contributed by atoms with Crippen LogP contribution in [-0.4, -0.2) is 84.8 Å². The molecule has 202 valence electrons. The van der Waals surface area contributed by atoms with Crippen LogP contribution in [0.5, 0.6) is 0 Å². The molecular weight excluding hydrogens is 491 g/mol. The first kappa shape index (κ1) is 25.7. The van der Waals surface area contributed by atoms with Crippen molar-refractivity contribution in [2.75, 3.05) is 57.3 Å². The third kappa shape index (κ3) is 4.97. The Kier molecular flexibility index (Phi) is 7.19. The lowest BCUT2D eigenvalue weighted by Crippen LogP contribution is -2.55. The van der Waals surface area contributed by atoms with Crippen LogP contribution >= 0.6 is 0 Å². The summed E-state index contributed by atoms with van der Waals surface area (Å²) in [6, 6.07) is 28.1. The quantitative estimate of drug-likeness (QED) is 0.438. The summed E-state index contributed by atoms with van der Waals surface area (Å²) in [6.07, 6.45) is 1.61. The molecule has 1 saturated carbocycles. The number of halogens is 1. The summed E-state index contributed by atoms with van der Waals surface area (Å²) in [6.45, 7) is 5.42. The fraction of sp³-hybridized carbons (Fsp3) is 0.375. The minimum atomic E-state index is -0.694. The monoisotopic (exact) mass is 526 g/mol. The van der Waals surface area contributed by atoms with Crippen molar-refractivity contribution in [1.82, 2.24) is 14.7 Å². The number of amides is 1. The Bertz CT molecular complexity index is 1250. The van der Waals surface area contributed by atoms with E-state index in [1.807, 2.05) is 28.0 Å². The van der Waals surface area contributed by atoms with E-state index in [9.17, 15) is 14.0 Å². The van der Waals surface area contributed by atoms with Crippen LogP contribution in [0.15, 0.2) is 84.9 Å². The van der Waals surface area contributed by atoms with Crippen LogP contribution in [-0.2, 0) is 9.59 Å². The molecule has 2 atom stereocenters. The second-order valence-electron chi connectivity index (χ2n) is 10.9. The van der Waals surface area contributed by atoms with Gasteiger partial charge in [-0.1, -0.05) is 72.8 Å². The molecule has 39 heavy (non-hydrogen) atoms. The van der Waals surface area contributed by atoms with E-state index < -0.39 is 5.54 Å². The van der Waals surface area contributed by atoms with E-state index in [0.717, 1.165) is 32.5 Å². The van der Waals surface area contributed by atoms with Gasteiger partial charge in [0.05, 0.1) is 23.2 Å². The Labute approximate surface area is 229 Å². The van der Waals surface area contributed by atoms with Crippen LogP contribution in [0.4, 0.5) is 10.1 Å².